The Morgan fingerprint density at radius 2 is 1.73 bits per heavy atom. The van der Waals surface area contributed by atoms with Gasteiger partial charge in [-0.25, -0.2) is 9.97 Å². The molecule has 0 aliphatic carbocycles. The third-order valence-corrected chi connectivity index (χ3v) is 3.60. The Morgan fingerprint density at radius 3 is 2.50 bits per heavy atom. The van der Waals surface area contributed by atoms with E-state index < -0.39 is 0 Å². The van der Waals surface area contributed by atoms with Gasteiger partial charge >= 0.3 is 6.01 Å². The summed E-state index contributed by atoms with van der Waals surface area (Å²) in [5.74, 6) is 0.867. The van der Waals surface area contributed by atoms with E-state index in [1.807, 2.05) is 37.3 Å². The largest absolute Gasteiger partial charge is 0.484 e. The minimum absolute atomic E-state index is 0.0809. The summed E-state index contributed by atoms with van der Waals surface area (Å²) >= 11 is 0. The van der Waals surface area contributed by atoms with Crippen molar-refractivity contribution in [2.24, 2.45) is 0 Å². The van der Waals surface area contributed by atoms with Crippen LogP contribution in [-0.4, -0.2) is 22.5 Å². The van der Waals surface area contributed by atoms with E-state index in [0.717, 1.165) is 5.56 Å². The SMILES string of the molecule is C[C@H](NC(=O)COc1cccc(Oc2ncccn2)c1)c1ccccc1. The number of carbonyl (C=O) groups excluding carboxylic acids is 1. The summed E-state index contributed by atoms with van der Waals surface area (Å²) in [5, 5.41) is 2.91. The molecule has 1 aromatic heterocycles. The highest BCUT2D eigenvalue weighted by Gasteiger charge is 2.10. The summed E-state index contributed by atoms with van der Waals surface area (Å²) in [7, 11) is 0. The second-order valence-electron chi connectivity index (χ2n) is 5.60. The first-order valence-electron chi connectivity index (χ1n) is 8.23. The highest BCUT2D eigenvalue weighted by molar-refractivity contribution is 5.78. The monoisotopic (exact) mass is 349 g/mol. The molecule has 26 heavy (non-hydrogen) atoms. The number of aromatic nitrogens is 2. The molecule has 1 N–H and O–H groups in total. The maximum absolute atomic E-state index is 12.1. The van der Waals surface area contributed by atoms with Gasteiger partial charge in [-0.2, -0.15) is 0 Å². The summed E-state index contributed by atoms with van der Waals surface area (Å²) in [4.78, 5) is 20.1. The summed E-state index contributed by atoms with van der Waals surface area (Å²) in [5.41, 5.74) is 1.04. The quantitative estimate of drug-likeness (QED) is 0.706. The molecule has 1 amide bonds. The van der Waals surface area contributed by atoms with Crippen molar-refractivity contribution in [1.29, 1.82) is 0 Å². The second kappa shape index (κ2) is 8.62. The maximum atomic E-state index is 12.1. The lowest BCUT2D eigenvalue weighted by Gasteiger charge is -2.14. The maximum Gasteiger partial charge on any atom is 0.321 e. The lowest BCUT2D eigenvalue weighted by atomic mass is 10.1. The molecule has 0 aliphatic rings. The molecule has 6 heteroatoms. The lowest BCUT2D eigenvalue weighted by Crippen LogP contribution is -2.31. The molecule has 0 spiro atoms. The number of ether oxygens (including phenoxy) is 2. The molecule has 0 bridgehead atoms. The average molecular weight is 349 g/mol. The molecule has 0 fully saturated rings. The third-order valence-electron chi connectivity index (χ3n) is 3.60. The number of amides is 1. The molecule has 0 saturated heterocycles. The molecule has 6 nitrogen and oxygen atoms in total. The molecule has 2 aromatic carbocycles. The molecule has 0 unspecified atom stereocenters. The first kappa shape index (κ1) is 17.4. The van der Waals surface area contributed by atoms with Crippen LogP contribution in [0.5, 0.6) is 17.5 Å². The van der Waals surface area contributed by atoms with Crippen LogP contribution >= 0.6 is 0 Å². The number of benzene rings is 2. The Morgan fingerprint density at radius 1 is 1.00 bits per heavy atom. The third kappa shape index (κ3) is 5.04. The van der Waals surface area contributed by atoms with Gasteiger partial charge in [0.05, 0.1) is 6.04 Å². The first-order valence-corrected chi connectivity index (χ1v) is 8.23. The van der Waals surface area contributed by atoms with Gasteiger partial charge in [0.15, 0.2) is 6.61 Å². The molecule has 1 heterocycles. The Hall–Kier alpha value is -3.41. The number of hydrogen-bond donors (Lipinski definition) is 1. The zero-order chi connectivity index (χ0) is 18.2. The topological polar surface area (TPSA) is 73.3 Å². The van der Waals surface area contributed by atoms with E-state index in [9.17, 15) is 4.79 Å². The molecular formula is C20H19N3O3. The fourth-order valence-electron chi connectivity index (χ4n) is 2.33. The summed E-state index contributed by atoms with van der Waals surface area (Å²) in [6.45, 7) is 1.85. The molecule has 0 aliphatic heterocycles. The van der Waals surface area contributed by atoms with Crippen LogP contribution in [0.1, 0.15) is 18.5 Å². The summed E-state index contributed by atoms with van der Waals surface area (Å²) < 4.78 is 11.1. The molecular weight excluding hydrogens is 330 g/mol. The normalized spacial score (nSPS) is 11.4. The van der Waals surface area contributed by atoms with Gasteiger partial charge in [-0.15, -0.1) is 0 Å². The highest BCUT2D eigenvalue weighted by Crippen LogP contribution is 2.22. The summed E-state index contributed by atoms with van der Waals surface area (Å²) in [6, 6.07) is 18.6. The van der Waals surface area contributed by atoms with E-state index >= 15 is 0 Å². The van der Waals surface area contributed by atoms with Crippen LogP contribution in [0.15, 0.2) is 73.1 Å². The van der Waals surface area contributed by atoms with Crippen LogP contribution < -0.4 is 14.8 Å². The van der Waals surface area contributed by atoms with Gasteiger partial charge in [0.2, 0.25) is 0 Å². The van der Waals surface area contributed by atoms with Crippen molar-refractivity contribution in [3.05, 3.63) is 78.6 Å². The Labute approximate surface area is 151 Å². The lowest BCUT2D eigenvalue weighted by molar-refractivity contribution is -0.123. The molecule has 0 saturated carbocycles. The molecule has 3 aromatic rings. The fraction of sp³-hybridized carbons (Fsp3) is 0.150. The number of nitrogens with one attached hydrogen (secondary N) is 1. The van der Waals surface area contributed by atoms with E-state index in [2.05, 4.69) is 15.3 Å². The smallest absolute Gasteiger partial charge is 0.321 e. The molecule has 3 rings (SSSR count). The Kier molecular flexibility index (Phi) is 5.77. The van der Waals surface area contributed by atoms with E-state index in [1.54, 1.807) is 42.7 Å². The van der Waals surface area contributed by atoms with Gasteiger partial charge < -0.3 is 14.8 Å². The molecule has 132 valence electrons. The van der Waals surface area contributed by atoms with Crippen molar-refractivity contribution in [1.82, 2.24) is 15.3 Å². The van der Waals surface area contributed by atoms with Gasteiger partial charge in [-0.1, -0.05) is 36.4 Å². The van der Waals surface area contributed by atoms with Gasteiger partial charge in [0.25, 0.3) is 5.91 Å². The van der Waals surface area contributed by atoms with Gasteiger partial charge in [0, 0.05) is 18.5 Å². The van der Waals surface area contributed by atoms with Crippen LogP contribution in [-0.2, 0) is 4.79 Å². The van der Waals surface area contributed by atoms with Crippen molar-refractivity contribution >= 4 is 5.91 Å². The summed E-state index contributed by atoms with van der Waals surface area (Å²) in [6.07, 6.45) is 3.20. The van der Waals surface area contributed by atoms with E-state index in [4.69, 9.17) is 9.47 Å². The predicted molar refractivity (Wildman–Crippen MR) is 97.0 cm³/mol. The molecule has 1 atom stereocenters. The zero-order valence-electron chi connectivity index (χ0n) is 14.3. The van der Waals surface area contributed by atoms with Gasteiger partial charge in [-0.05, 0) is 30.7 Å². The van der Waals surface area contributed by atoms with Crippen LogP contribution in [0.2, 0.25) is 0 Å². The Bertz CT molecular complexity index is 841. The van der Waals surface area contributed by atoms with Crippen molar-refractivity contribution < 1.29 is 14.3 Å². The number of hydrogen-bond acceptors (Lipinski definition) is 5. The standard InChI is InChI=1S/C20H19N3O3/c1-15(16-7-3-2-4-8-16)23-19(24)14-25-17-9-5-10-18(13-17)26-20-21-11-6-12-22-20/h2-13,15H,14H2,1H3,(H,23,24)/t15-/m0/s1. The van der Waals surface area contributed by atoms with Gasteiger partial charge in [-0.3, -0.25) is 4.79 Å². The molecule has 0 radical (unpaired) electrons. The zero-order valence-corrected chi connectivity index (χ0v) is 14.3. The minimum atomic E-state index is -0.195. The van der Waals surface area contributed by atoms with Crippen LogP contribution in [0.3, 0.4) is 0 Å². The van der Waals surface area contributed by atoms with Crippen LogP contribution in [0.4, 0.5) is 0 Å². The number of rotatable bonds is 7. The van der Waals surface area contributed by atoms with E-state index in [-0.39, 0.29) is 24.6 Å². The van der Waals surface area contributed by atoms with E-state index in [1.165, 1.54) is 0 Å². The average Bonchev–Trinajstić information content (AvgIpc) is 2.68. The fourth-order valence-corrected chi connectivity index (χ4v) is 2.33. The van der Waals surface area contributed by atoms with Crippen LogP contribution in [0.25, 0.3) is 0 Å². The predicted octanol–water partition coefficient (Wildman–Crippen LogP) is 3.53. The first-order chi connectivity index (χ1) is 12.7. The van der Waals surface area contributed by atoms with Crippen molar-refractivity contribution in [3.63, 3.8) is 0 Å². The van der Waals surface area contributed by atoms with Crippen LogP contribution in [0, 0.1) is 0 Å². The van der Waals surface area contributed by atoms with E-state index in [0.29, 0.717) is 11.5 Å². The number of nitrogens with zero attached hydrogens (tertiary/aromatic N) is 2. The highest BCUT2D eigenvalue weighted by atomic mass is 16.5. The van der Waals surface area contributed by atoms with Gasteiger partial charge in [0.1, 0.15) is 11.5 Å². The number of carbonyl (C=O) groups is 1. The second-order valence-corrected chi connectivity index (χ2v) is 5.60. The van der Waals surface area contributed by atoms with Crippen molar-refractivity contribution in [2.75, 3.05) is 6.61 Å². The van der Waals surface area contributed by atoms with Crippen molar-refractivity contribution in [3.8, 4) is 17.5 Å². The Balaban J connectivity index is 1.53. The van der Waals surface area contributed by atoms with Crippen molar-refractivity contribution in [2.45, 2.75) is 13.0 Å². The minimum Gasteiger partial charge on any atom is -0.484 e.